The molecule has 1 atom stereocenters. The van der Waals surface area contributed by atoms with E-state index >= 15 is 0 Å². The fraction of sp³-hybridized carbons (Fsp3) is 0.333. The fourth-order valence-corrected chi connectivity index (χ4v) is 2.92. The van der Waals surface area contributed by atoms with Gasteiger partial charge in [0.15, 0.2) is 5.78 Å². The molecule has 1 aliphatic rings. The average molecular weight is 320 g/mol. The van der Waals surface area contributed by atoms with E-state index in [1.807, 2.05) is 0 Å². The quantitative estimate of drug-likeness (QED) is 0.630. The van der Waals surface area contributed by atoms with Crippen LogP contribution in [0, 0.1) is 0 Å². The second-order valence-electron chi connectivity index (χ2n) is 4.53. The lowest BCUT2D eigenvalue weighted by Gasteiger charge is -2.18. The average Bonchev–Trinajstić information content (AvgIpc) is 2.71. The number of amides is 1. The van der Waals surface area contributed by atoms with Gasteiger partial charge in [-0.1, -0.05) is 11.6 Å². The van der Waals surface area contributed by atoms with Crippen molar-refractivity contribution in [3.8, 4) is 0 Å². The van der Waals surface area contributed by atoms with Gasteiger partial charge in [0, 0.05) is 18.5 Å². The topological polar surface area (TPSA) is 71.5 Å². The molecule has 1 unspecified atom stereocenters. The van der Waals surface area contributed by atoms with Crippen LogP contribution in [0.15, 0.2) is 18.2 Å². The summed E-state index contributed by atoms with van der Waals surface area (Å²) in [7, 11) is -4.79. The summed E-state index contributed by atoms with van der Waals surface area (Å²) >= 11 is 5.96. The number of rotatable bonds is 3. The number of anilines is 1. The molecule has 0 spiro atoms. The Balaban J connectivity index is 2.40. The molecule has 0 bridgehead atoms. The third-order valence-electron chi connectivity index (χ3n) is 3.13. The van der Waals surface area contributed by atoms with Gasteiger partial charge in [0.1, 0.15) is 5.25 Å². The Bertz CT molecular complexity index is 689. The minimum Gasteiger partial charge on any atom is -0.309 e. The molecule has 1 heterocycles. The molecule has 5 nitrogen and oxygen atoms in total. The minimum absolute atomic E-state index is 0.195. The van der Waals surface area contributed by atoms with Gasteiger partial charge < -0.3 is 4.90 Å². The molecule has 0 saturated carbocycles. The Hall–Kier alpha value is -1.47. The van der Waals surface area contributed by atoms with E-state index in [0.29, 0.717) is 5.56 Å². The Labute approximate surface area is 120 Å². The zero-order valence-electron chi connectivity index (χ0n) is 10.5. The van der Waals surface area contributed by atoms with E-state index in [2.05, 4.69) is 0 Å². The van der Waals surface area contributed by atoms with Crippen LogP contribution >= 0.6 is 11.6 Å². The van der Waals surface area contributed by atoms with Gasteiger partial charge in [-0.05, 0) is 25.1 Å². The molecule has 0 aliphatic carbocycles. The number of hydrogen-bond acceptors (Lipinski definition) is 4. The van der Waals surface area contributed by atoms with Gasteiger partial charge in [0.05, 0.1) is 10.7 Å². The predicted octanol–water partition coefficient (Wildman–Crippen LogP) is 1.95. The molecule has 1 aromatic carbocycles. The van der Waals surface area contributed by atoms with Crippen LogP contribution in [0.25, 0.3) is 0 Å². The van der Waals surface area contributed by atoms with Crippen molar-refractivity contribution < 1.29 is 21.9 Å². The number of Topliss-reactive ketones (excluding diaryl/α,β-unsaturated/α-hetero) is 1. The first-order valence-electron chi connectivity index (χ1n) is 5.74. The molecule has 1 saturated heterocycles. The summed E-state index contributed by atoms with van der Waals surface area (Å²) in [6.07, 6.45) is -0.431. The second kappa shape index (κ2) is 5.14. The number of halogens is 2. The van der Waals surface area contributed by atoms with Crippen molar-refractivity contribution in [2.45, 2.75) is 18.6 Å². The standard InChI is InChI=1S/C12H11ClFNO4S/c1-7(16)8-2-3-10(13)11(4-8)15-6-9(5-12(15)17)20(14,18)19/h2-4,9H,5-6H2,1H3. The molecular formula is C12H11ClFNO4S. The van der Waals surface area contributed by atoms with E-state index in [9.17, 15) is 21.9 Å². The zero-order chi connectivity index (χ0) is 15.1. The highest BCUT2D eigenvalue weighted by atomic mass is 35.5. The molecule has 108 valence electrons. The lowest BCUT2D eigenvalue weighted by atomic mass is 10.1. The molecule has 0 radical (unpaired) electrons. The van der Waals surface area contributed by atoms with Crippen molar-refractivity contribution in [2.75, 3.05) is 11.4 Å². The summed E-state index contributed by atoms with van der Waals surface area (Å²) in [5.74, 6) is -0.761. The number of carbonyl (C=O) groups excluding carboxylic acids is 2. The van der Waals surface area contributed by atoms with Gasteiger partial charge in [-0.2, -0.15) is 8.42 Å². The molecule has 8 heteroatoms. The molecule has 20 heavy (non-hydrogen) atoms. The van der Waals surface area contributed by atoms with E-state index in [4.69, 9.17) is 11.6 Å². The highest BCUT2D eigenvalue weighted by Gasteiger charge is 2.39. The van der Waals surface area contributed by atoms with Crippen LogP contribution in [-0.4, -0.2) is 31.9 Å². The maximum absolute atomic E-state index is 13.0. The van der Waals surface area contributed by atoms with Crippen LogP contribution in [0.2, 0.25) is 5.02 Å². The monoisotopic (exact) mass is 319 g/mol. The maximum Gasteiger partial charge on any atom is 0.307 e. The smallest absolute Gasteiger partial charge is 0.307 e. The first-order chi connectivity index (χ1) is 9.20. The van der Waals surface area contributed by atoms with E-state index in [0.717, 1.165) is 4.90 Å². The Morgan fingerprint density at radius 2 is 2.10 bits per heavy atom. The van der Waals surface area contributed by atoms with Crippen LogP contribution in [0.3, 0.4) is 0 Å². The minimum atomic E-state index is -4.79. The molecule has 1 aromatic rings. The van der Waals surface area contributed by atoms with Crippen molar-refractivity contribution in [2.24, 2.45) is 0 Å². The second-order valence-corrected chi connectivity index (χ2v) is 6.55. The van der Waals surface area contributed by atoms with Gasteiger partial charge in [0.2, 0.25) is 5.91 Å². The Morgan fingerprint density at radius 1 is 1.45 bits per heavy atom. The number of hydrogen-bond donors (Lipinski definition) is 0. The van der Waals surface area contributed by atoms with Crippen LogP contribution in [0.4, 0.5) is 9.57 Å². The first-order valence-corrected chi connectivity index (χ1v) is 7.57. The van der Waals surface area contributed by atoms with Gasteiger partial charge in [-0.25, -0.2) is 0 Å². The lowest BCUT2D eigenvalue weighted by Crippen LogP contribution is -2.27. The van der Waals surface area contributed by atoms with E-state index in [-0.39, 0.29) is 23.0 Å². The fourth-order valence-electron chi connectivity index (χ4n) is 2.03. The summed E-state index contributed by atoms with van der Waals surface area (Å²) in [5, 5.41) is -1.20. The number of carbonyl (C=O) groups is 2. The van der Waals surface area contributed by atoms with Crippen LogP contribution in [0.5, 0.6) is 0 Å². The largest absolute Gasteiger partial charge is 0.309 e. The molecule has 2 rings (SSSR count). The third-order valence-corrected chi connectivity index (χ3v) is 4.56. The highest BCUT2D eigenvalue weighted by molar-refractivity contribution is 7.87. The summed E-state index contributed by atoms with van der Waals surface area (Å²) in [6, 6.07) is 4.34. The van der Waals surface area contributed by atoms with Crippen molar-refractivity contribution >= 4 is 39.2 Å². The molecule has 1 fully saturated rings. The molecule has 1 aliphatic heterocycles. The van der Waals surface area contributed by atoms with E-state index in [1.165, 1.54) is 25.1 Å². The Kier molecular flexibility index (Phi) is 3.84. The SMILES string of the molecule is CC(=O)c1ccc(Cl)c(N2CC(S(=O)(=O)F)CC2=O)c1. The molecule has 1 amide bonds. The third kappa shape index (κ3) is 2.83. The molecule has 0 aromatic heterocycles. The number of benzene rings is 1. The predicted molar refractivity (Wildman–Crippen MR) is 72.2 cm³/mol. The summed E-state index contributed by atoms with van der Waals surface area (Å²) in [4.78, 5) is 24.2. The van der Waals surface area contributed by atoms with Gasteiger partial charge in [-0.3, -0.25) is 9.59 Å². The first kappa shape index (κ1) is 14.9. The van der Waals surface area contributed by atoms with E-state index in [1.54, 1.807) is 0 Å². The van der Waals surface area contributed by atoms with Crippen LogP contribution in [-0.2, 0) is 15.0 Å². The van der Waals surface area contributed by atoms with Crippen LogP contribution in [0.1, 0.15) is 23.7 Å². The van der Waals surface area contributed by atoms with Gasteiger partial charge >= 0.3 is 10.2 Å². The van der Waals surface area contributed by atoms with Crippen molar-refractivity contribution in [1.29, 1.82) is 0 Å². The van der Waals surface area contributed by atoms with Crippen molar-refractivity contribution in [3.63, 3.8) is 0 Å². The summed E-state index contributed by atoms with van der Waals surface area (Å²) in [5.41, 5.74) is 0.555. The van der Waals surface area contributed by atoms with Gasteiger partial charge in [-0.15, -0.1) is 3.89 Å². The lowest BCUT2D eigenvalue weighted by molar-refractivity contribution is -0.117. The maximum atomic E-state index is 13.0. The summed E-state index contributed by atoms with van der Waals surface area (Å²) in [6.45, 7) is 1.05. The van der Waals surface area contributed by atoms with E-state index < -0.39 is 27.8 Å². The molecule has 0 N–H and O–H groups in total. The highest BCUT2D eigenvalue weighted by Crippen LogP contribution is 2.32. The zero-order valence-corrected chi connectivity index (χ0v) is 12.0. The normalized spacial score (nSPS) is 19.4. The number of nitrogens with zero attached hydrogens (tertiary/aromatic N) is 1. The van der Waals surface area contributed by atoms with Crippen LogP contribution < -0.4 is 4.90 Å². The summed E-state index contributed by atoms with van der Waals surface area (Å²) < 4.78 is 34.7. The van der Waals surface area contributed by atoms with Gasteiger partial charge in [0.25, 0.3) is 0 Å². The van der Waals surface area contributed by atoms with Crippen molar-refractivity contribution in [1.82, 2.24) is 0 Å². The van der Waals surface area contributed by atoms with Crippen molar-refractivity contribution in [3.05, 3.63) is 28.8 Å². The Morgan fingerprint density at radius 3 is 2.60 bits per heavy atom. The number of ketones is 1. The molecular weight excluding hydrogens is 309 g/mol.